The van der Waals surface area contributed by atoms with Crippen molar-refractivity contribution in [3.63, 3.8) is 0 Å². The first-order valence-corrected chi connectivity index (χ1v) is 12.1. The second-order valence-electron chi connectivity index (χ2n) is 9.32. The van der Waals surface area contributed by atoms with Gasteiger partial charge in [-0.25, -0.2) is 0 Å². The molecular weight excluding hydrogens is 408 g/mol. The Kier molecular flexibility index (Phi) is 7.34. The summed E-state index contributed by atoms with van der Waals surface area (Å²) in [6.45, 7) is 9.18. The summed E-state index contributed by atoms with van der Waals surface area (Å²) in [5.41, 5.74) is 5.54. The fraction of sp³-hybridized carbons (Fsp3) is 0.429. The lowest BCUT2D eigenvalue weighted by atomic mass is 9.90. The summed E-state index contributed by atoms with van der Waals surface area (Å²) in [5, 5.41) is 9.70. The van der Waals surface area contributed by atoms with Crippen LogP contribution in [0.15, 0.2) is 60.3 Å². The van der Waals surface area contributed by atoms with Crippen LogP contribution in [0, 0.1) is 31.1 Å². The molecule has 1 amide bonds. The smallest absolute Gasteiger partial charge is 0.266 e. The number of hydrogen-bond acceptors (Lipinski definition) is 4. The highest BCUT2D eigenvalue weighted by Crippen LogP contribution is 2.25. The van der Waals surface area contributed by atoms with Gasteiger partial charge in [-0.2, -0.15) is 5.26 Å². The van der Waals surface area contributed by atoms with Gasteiger partial charge in [0, 0.05) is 51.2 Å². The van der Waals surface area contributed by atoms with Gasteiger partial charge >= 0.3 is 0 Å². The van der Waals surface area contributed by atoms with E-state index in [-0.39, 0.29) is 11.5 Å². The van der Waals surface area contributed by atoms with E-state index in [4.69, 9.17) is 0 Å². The number of carbonyl (C=O) groups excluding carboxylic acids is 1. The highest BCUT2D eigenvalue weighted by Gasteiger charge is 2.26. The van der Waals surface area contributed by atoms with Crippen LogP contribution in [0.5, 0.6) is 0 Å². The van der Waals surface area contributed by atoms with Crippen LogP contribution in [-0.2, 0) is 11.2 Å². The molecule has 5 nitrogen and oxygen atoms in total. The molecule has 2 saturated heterocycles. The average Bonchev–Trinajstić information content (AvgIpc) is 2.85. The van der Waals surface area contributed by atoms with Gasteiger partial charge in [-0.15, -0.1) is 0 Å². The Labute approximate surface area is 197 Å². The molecule has 4 rings (SSSR count). The zero-order chi connectivity index (χ0) is 23.2. The number of piperazine rings is 1. The van der Waals surface area contributed by atoms with Crippen LogP contribution in [0.3, 0.4) is 0 Å². The first-order valence-electron chi connectivity index (χ1n) is 12.1. The van der Waals surface area contributed by atoms with Crippen LogP contribution in [-0.4, -0.2) is 55.0 Å². The molecule has 0 radical (unpaired) electrons. The lowest BCUT2D eigenvalue weighted by molar-refractivity contribution is -0.128. The van der Waals surface area contributed by atoms with E-state index in [1.54, 1.807) is 6.20 Å². The van der Waals surface area contributed by atoms with Crippen LogP contribution >= 0.6 is 0 Å². The average molecular weight is 443 g/mol. The highest BCUT2D eigenvalue weighted by molar-refractivity contribution is 5.97. The molecule has 2 aromatic rings. The molecular formula is C28H34N4O. The normalized spacial score (nSPS) is 17.7. The molecule has 33 heavy (non-hydrogen) atoms. The van der Waals surface area contributed by atoms with Crippen LogP contribution in [0.25, 0.3) is 0 Å². The molecule has 0 atom stereocenters. The zero-order valence-corrected chi connectivity index (χ0v) is 19.8. The number of rotatable bonds is 5. The first-order chi connectivity index (χ1) is 16.0. The molecule has 5 heteroatoms. The molecule has 2 fully saturated rings. The van der Waals surface area contributed by atoms with Crippen molar-refractivity contribution in [3.05, 3.63) is 77.0 Å². The Morgan fingerprint density at radius 2 is 1.67 bits per heavy atom. The van der Waals surface area contributed by atoms with Crippen LogP contribution in [0.1, 0.15) is 29.5 Å². The minimum Gasteiger partial charge on any atom is -0.373 e. The second-order valence-corrected chi connectivity index (χ2v) is 9.32. The minimum absolute atomic E-state index is 0.118. The van der Waals surface area contributed by atoms with E-state index in [1.165, 1.54) is 22.4 Å². The summed E-state index contributed by atoms with van der Waals surface area (Å²) in [4.78, 5) is 19.4. The van der Waals surface area contributed by atoms with Crippen LogP contribution in [0.2, 0.25) is 0 Å². The van der Waals surface area contributed by atoms with Crippen molar-refractivity contribution in [1.29, 1.82) is 5.26 Å². The molecule has 0 N–H and O–H groups in total. The largest absolute Gasteiger partial charge is 0.373 e. The maximum atomic E-state index is 13.0. The summed E-state index contributed by atoms with van der Waals surface area (Å²) in [7, 11) is 0. The van der Waals surface area contributed by atoms with Crippen molar-refractivity contribution in [2.75, 3.05) is 44.2 Å². The van der Waals surface area contributed by atoms with E-state index in [0.29, 0.717) is 5.92 Å². The van der Waals surface area contributed by atoms with Crippen molar-refractivity contribution >= 4 is 11.6 Å². The Morgan fingerprint density at radius 3 is 2.33 bits per heavy atom. The summed E-state index contributed by atoms with van der Waals surface area (Å²) >= 11 is 0. The van der Waals surface area contributed by atoms with Gasteiger partial charge < -0.3 is 14.7 Å². The molecule has 172 valence electrons. The number of piperidine rings is 1. The van der Waals surface area contributed by atoms with Gasteiger partial charge in [-0.05, 0) is 61.8 Å². The molecule has 2 aliphatic rings. The Hall–Kier alpha value is -3.26. The van der Waals surface area contributed by atoms with Gasteiger partial charge in [0.05, 0.1) is 0 Å². The molecule has 0 bridgehead atoms. The van der Waals surface area contributed by atoms with Crippen molar-refractivity contribution in [2.24, 2.45) is 5.92 Å². The summed E-state index contributed by atoms with van der Waals surface area (Å²) in [5.74, 6) is 0.483. The Morgan fingerprint density at radius 1 is 0.970 bits per heavy atom. The quantitative estimate of drug-likeness (QED) is 0.511. The number of carbonyl (C=O) groups is 1. The van der Waals surface area contributed by atoms with Crippen molar-refractivity contribution < 1.29 is 4.79 Å². The number of likely N-dealkylation sites (tertiary alicyclic amines) is 1. The zero-order valence-electron chi connectivity index (χ0n) is 19.8. The minimum atomic E-state index is -0.118. The van der Waals surface area contributed by atoms with Crippen molar-refractivity contribution in [1.82, 2.24) is 9.80 Å². The molecule has 0 aromatic heterocycles. The van der Waals surface area contributed by atoms with E-state index in [0.717, 1.165) is 58.5 Å². The fourth-order valence-corrected chi connectivity index (χ4v) is 4.94. The molecule has 2 aliphatic heterocycles. The molecule has 2 aromatic carbocycles. The van der Waals surface area contributed by atoms with E-state index in [1.807, 2.05) is 11.0 Å². The molecule has 2 heterocycles. The van der Waals surface area contributed by atoms with Gasteiger partial charge in [0.2, 0.25) is 0 Å². The maximum Gasteiger partial charge on any atom is 0.266 e. The standard InChI is InChI=1S/C28H34N4O/c1-22-7-6-10-27(23(22)2)31-17-15-30(16-18-31)21-26(20-29)28(33)32-13-11-25(12-14-32)19-24-8-4-3-5-9-24/h3-10,21,25H,11-19H2,1-2H3/b26-21-. The number of amides is 1. The van der Waals surface area contributed by atoms with E-state index >= 15 is 0 Å². The summed E-state index contributed by atoms with van der Waals surface area (Å²) in [6, 6.07) is 19.2. The topological polar surface area (TPSA) is 50.6 Å². The predicted octanol–water partition coefficient (Wildman–Crippen LogP) is 4.31. The number of hydrogen-bond donors (Lipinski definition) is 0. The van der Waals surface area contributed by atoms with Crippen LogP contribution < -0.4 is 4.90 Å². The summed E-state index contributed by atoms with van der Waals surface area (Å²) in [6.07, 6.45) is 4.84. The number of nitriles is 1. The maximum absolute atomic E-state index is 13.0. The van der Waals surface area contributed by atoms with Gasteiger partial charge in [0.25, 0.3) is 5.91 Å². The predicted molar refractivity (Wildman–Crippen MR) is 133 cm³/mol. The SMILES string of the molecule is Cc1cccc(N2CCN(/C=C(/C#N)C(=O)N3CCC(Cc4ccccc4)CC3)CC2)c1C. The molecule has 0 unspecified atom stereocenters. The number of anilines is 1. The van der Waals surface area contributed by atoms with Gasteiger partial charge in [0.15, 0.2) is 0 Å². The monoisotopic (exact) mass is 442 g/mol. The first kappa shape index (κ1) is 22.9. The molecule has 0 spiro atoms. The third-order valence-electron chi connectivity index (χ3n) is 7.16. The molecule has 0 saturated carbocycles. The number of benzene rings is 2. The van der Waals surface area contributed by atoms with Crippen molar-refractivity contribution in [3.8, 4) is 6.07 Å². The van der Waals surface area contributed by atoms with E-state index in [2.05, 4.69) is 72.2 Å². The third kappa shape index (κ3) is 5.57. The number of aryl methyl sites for hydroxylation is 1. The lowest BCUT2D eigenvalue weighted by Gasteiger charge is -2.37. The van der Waals surface area contributed by atoms with Crippen molar-refractivity contribution in [2.45, 2.75) is 33.1 Å². The lowest BCUT2D eigenvalue weighted by Crippen LogP contribution is -2.45. The summed E-state index contributed by atoms with van der Waals surface area (Å²) < 4.78 is 0. The van der Waals surface area contributed by atoms with Crippen LogP contribution in [0.4, 0.5) is 5.69 Å². The van der Waals surface area contributed by atoms with Gasteiger partial charge in [-0.3, -0.25) is 4.79 Å². The van der Waals surface area contributed by atoms with Gasteiger partial charge in [0.1, 0.15) is 11.6 Å². The number of nitrogens with zero attached hydrogens (tertiary/aromatic N) is 4. The molecule has 0 aliphatic carbocycles. The second kappa shape index (κ2) is 10.6. The van der Waals surface area contributed by atoms with Gasteiger partial charge in [-0.1, -0.05) is 42.5 Å². The highest BCUT2D eigenvalue weighted by atomic mass is 16.2. The fourth-order valence-electron chi connectivity index (χ4n) is 4.94. The van der Waals surface area contributed by atoms with E-state index < -0.39 is 0 Å². The Balaban J connectivity index is 1.30. The Bertz CT molecular complexity index is 1020. The van der Waals surface area contributed by atoms with E-state index in [9.17, 15) is 10.1 Å². The third-order valence-corrected chi connectivity index (χ3v) is 7.16.